The van der Waals surface area contributed by atoms with Crippen LogP contribution in [-0.4, -0.2) is 22.7 Å². The Hall–Kier alpha value is -3.00. The van der Waals surface area contributed by atoms with Crippen LogP contribution < -0.4 is 9.47 Å². The van der Waals surface area contributed by atoms with E-state index in [-0.39, 0.29) is 22.0 Å². The van der Waals surface area contributed by atoms with Gasteiger partial charge in [-0.2, -0.15) is 0 Å². The molecule has 0 radical (unpaired) electrons. The lowest BCUT2D eigenvalue weighted by Crippen LogP contribution is -2.28. The Morgan fingerprint density at radius 2 is 1.81 bits per heavy atom. The summed E-state index contributed by atoms with van der Waals surface area (Å²) in [6, 6.07) is 15.4. The second-order valence-corrected chi connectivity index (χ2v) is 9.75. The van der Waals surface area contributed by atoms with Crippen molar-refractivity contribution in [2.24, 2.45) is 0 Å². The number of imide groups is 1. The predicted octanol–water partition coefficient (Wildman–Crippen LogP) is 7.66. The molecule has 0 aliphatic carbocycles. The first kappa shape index (κ1) is 26.1. The number of aryl methyl sites for hydroxylation is 1. The number of ether oxygens (including phenoxy) is 2. The molecule has 1 heterocycles. The molecule has 0 saturated carbocycles. The van der Waals surface area contributed by atoms with Gasteiger partial charge in [0, 0.05) is 10.6 Å². The zero-order valence-electron chi connectivity index (χ0n) is 19.5. The maximum atomic E-state index is 14.2. The number of hydrogen-bond acceptors (Lipinski definition) is 5. The molecular weight excluding hydrogens is 524 g/mol. The summed E-state index contributed by atoms with van der Waals surface area (Å²) in [5, 5.41) is -0.0644. The highest BCUT2D eigenvalue weighted by Gasteiger charge is 2.36. The van der Waals surface area contributed by atoms with E-state index in [0.29, 0.717) is 35.3 Å². The first-order chi connectivity index (χ1) is 17.3. The fourth-order valence-corrected chi connectivity index (χ4v) is 4.96. The van der Waals surface area contributed by atoms with E-state index in [1.807, 2.05) is 38.1 Å². The Balaban J connectivity index is 1.58. The minimum absolute atomic E-state index is 0.0829. The summed E-state index contributed by atoms with van der Waals surface area (Å²) >= 11 is 13.4. The predicted molar refractivity (Wildman–Crippen MR) is 141 cm³/mol. The molecule has 0 bridgehead atoms. The van der Waals surface area contributed by atoms with Gasteiger partial charge in [0.25, 0.3) is 11.1 Å². The summed E-state index contributed by atoms with van der Waals surface area (Å²) in [5.74, 6) is -0.318. The summed E-state index contributed by atoms with van der Waals surface area (Å²) in [5.41, 5.74) is 2.75. The van der Waals surface area contributed by atoms with Crippen molar-refractivity contribution in [3.05, 3.63) is 97.6 Å². The summed E-state index contributed by atoms with van der Waals surface area (Å²) in [6.45, 7) is 4.26. The fourth-order valence-electron chi connectivity index (χ4n) is 3.63. The number of hydrogen-bond donors (Lipinski definition) is 0. The lowest BCUT2D eigenvalue weighted by Gasteiger charge is -2.15. The third kappa shape index (κ3) is 5.69. The third-order valence-electron chi connectivity index (χ3n) is 5.51. The van der Waals surface area contributed by atoms with Gasteiger partial charge in [0.2, 0.25) is 0 Å². The van der Waals surface area contributed by atoms with Crippen LogP contribution in [-0.2, 0) is 17.9 Å². The van der Waals surface area contributed by atoms with Crippen LogP contribution in [0, 0.1) is 12.7 Å². The zero-order valence-corrected chi connectivity index (χ0v) is 21.8. The van der Waals surface area contributed by atoms with E-state index >= 15 is 0 Å². The maximum absolute atomic E-state index is 14.2. The van der Waals surface area contributed by atoms with Crippen molar-refractivity contribution in [2.45, 2.75) is 27.0 Å². The van der Waals surface area contributed by atoms with E-state index in [0.717, 1.165) is 27.8 Å². The van der Waals surface area contributed by atoms with Gasteiger partial charge in [0.05, 0.1) is 23.1 Å². The summed E-state index contributed by atoms with van der Waals surface area (Å²) < 4.78 is 25.9. The monoisotopic (exact) mass is 545 g/mol. The molecule has 0 N–H and O–H groups in total. The van der Waals surface area contributed by atoms with Gasteiger partial charge in [0.15, 0.2) is 11.5 Å². The molecule has 1 fully saturated rings. The number of amides is 2. The van der Waals surface area contributed by atoms with Gasteiger partial charge in [-0.1, -0.05) is 53.5 Å². The molecule has 0 atom stereocenters. The first-order valence-corrected chi connectivity index (χ1v) is 12.7. The Kier molecular flexibility index (Phi) is 8.24. The van der Waals surface area contributed by atoms with Crippen molar-refractivity contribution in [2.75, 3.05) is 6.61 Å². The Morgan fingerprint density at radius 1 is 1.03 bits per heavy atom. The van der Waals surface area contributed by atoms with Crippen molar-refractivity contribution in [3.8, 4) is 11.5 Å². The second kappa shape index (κ2) is 11.4. The smallest absolute Gasteiger partial charge is 0.293 e. The topological polar surface area (TPSA) is 55.8 Å². The van der Waals surface area contributed by atoms with Crippen LogP contribution in [0.15, 0.2) is 59.5 Å². The van der Waals surface area contributed by atoms with Gasteiger partial charge in [-0.15, -0.1) is 0 Å². The fraction of sp³-hybridized carbons (Fsp3) is 0.185. The molecular formula is C27H22Cl2FNO4S. The molecule has 0 aromatic heterocycles. The van der Waals surface area contributed by atoms with E-state index < -0.39 is 17.0 Å². The van der Waals surface area contributed by atoms with E-state index in [1.54, 1.807) is 18.2 Å². The summed E-state index contributed by atoms with van der Waals surface area (Å²) in [6.07, 6.45) is 1.55. The standard InChI is InChI=1S/C27H22Cl2FNO4S/c1-3-34-23-12-17(11-21(29)25(23)35-15-18-8-5-4-7-16(18)2)13-24-26(32)31(27(33)36-24)14-19-20(28)9-6-10-22(19)30/h4-13H,3,14-15H2,1-2H3/b24-13-. The highest BCUT2D eigenvalue weighted by atomic mass is 35.5. The average molecular weight is 546 g/mol. The van der Waals surface area contributed by atoms with Crippen LogP contribution in [0.3, 0.4) is 0 Å². The highest BCUT2D eigenvalue weighted by Crippen LogP contribution is 2.40. The van der Waals surface area contributed by atoms with E-state index in [2.05, 4.69) is 0 Å². The molecule has 1 saturated heterocycles. The molecule has 0 unspecified atom stereocenters. The van der Waals surface area contributed by atoms with Gasteiger partial charge in [0.1, 0.15) is 12.4 Å². The summed E-state index contributed by atoms with van der Waals surface area (Å²) in [4.78, 5) is 26.6. The van der Waals surface area contributed by atoms with E-state index in [4.69, 9.17) is 32.7 Å². The molecule has 9 heteroatoms. The van der Waals surface area contributed by atoms with Gasteiger partial charge in [-0.3, -0.25) is 14.5 Å². The van der Waals surface area contributed by atoms with Gasteiger partial charge >= 0.3 is 0 Å². The first-order valence-electron chi connectivity index (χ1n) is 11.1. The minimum atomic E-state index is -0.583. The third-order valence-corrected chi connectivity index (χ3v) is 7.06. The Labute approximate surface area is 222 Å². The largest absolute Gasteiger partial charge is 0.490 e. The molecule has 3 aromatic rings. The zero-order chi connectivity index (χ0) is 25.8. The molecule has 5 nitrogen and oxygen atoms in total. The number of carbonyl (C=O) groups excluding carboxylic acids is 2. The molecule has 0 spiro atoms. The number of thioether (sulfide) groups is 1. The van der Waals surface area contributed by atoms with Crippen molar-refractivity contribution in [1.82, 2.24) is 4.90 Å². The minimum Gasteiger partial charge on any atom is -0.490 e. The van der Waals surface area contributed by atoms with Gasteiger partial charge < -0.3 is 9.47 Å². The molecule has 36 heavy (non-hydrogen) atoms. The lowest BCUT2D eigenvalue weighted by atomic mass is 10.1. The Morgan fingerprint density at radius 3 is 2.53 bits per heavy atom. The quantitative estimate of drug-likeness (QED) is 0.272. The molecule has 186 valence electrons. The van der Waals surface area contributed by atoms with Crippen molar-refractivity contribution in [1.29, 1.82) is 0 Å². The molecule has 1 aliphatic rings. The van der Waals surface area contributed by atoms with E-state index in [1.165, 1.54) is 18.2 Å². The number of benzene rings is 3. The molecule has 4 rings (SSSR count). The Bertz CT molecular complexity index is 1340. The highest BCUT2D eigenvalue weighted by molar-refractivity contribution is 8.18. The molecule has 1 aliphatic heterocycles. The number of rotatable bonds is 8. The number of halogens is 3. The SMILES string of the molecule is CCOc1cc(/C=C2\SC(=O)N(Cc3c(F)cccc3Cl)C2=O)cc(Cl)c1OCc1ccccc1C. The van der Waals surface area contributed by atoms with Crippen LogP contribution in [0.1, 0.15) is 29.2 Å². The second-order valence-electron chi connectivity index (χ2n) is 7.95. The molecule has 2 amide bonds. The van der Waals surface area contributed by atoms with Crippen molar-refractivity contribution < 1.29 is 23.5 Å². The lowest BCUT2D eigenvalue weighted by molar-refractivity contribution is -0.123. The molecule has 3 aromatic carbocycles. The van der Waals surface area contributed by atoms with Crippen LogP contribution in [0.2, 0.25) is 10.0 Å². The van der Waals surface area contributed by atoms with Crippen molar-refractivity contribution in [3.63, 3.8) is 0 Å². The van der Waals surface area contributed by atoms with Gasteiger partial charge in [-0.05, 0) is 72.6 Å². The number of carbonyl (C=O) groups is 2. The van der Waals surface area contributed by atoms with Crippen LogP contribution in [0.4, 0.5) is 9.18 Å². The summed E-state index contributed by atoms with van der Waals surface area (Å²) in [7, 11) is 0. The maximum Gasteiger partial charge on any atom is 0.293 e. The normalized spacial score (nSPS) is 14.6. The van der Waals surface area contributed by atoms with Crippen LogP contribution >= 0.6 is 35.0 Å². The van der Waals surface area contributed by atoms with Crippen LogP contribution in [0.5, 0.6) is 11.5 Å². The number of nitrogens with zero attached hydrogens (tertiary/aromatic N) is 1. The van der Waals surface area contributed by atoms with E-state index in [9.17, 15) is 14.0 Å². The average Bonchev–Trinajstić information content (AvgIpc) is 3.09. The van der Waals surface area contributed by atoms with Crippen LogP contribution in [0.25, 0.3) is 6.08 Å². The van der Waals surface area contributed by atoms with Gasteiger partial charge in [-0.25, -0.2) is 4.39 Å². The van der Waals surface area contributed by atoms with Crippen molar-refractivity contribution >= 4 is 52.2 Å².